The molecule has 3 nitrogen and oxygen atoms in total. The maximum absolute atomic E-state index is 10.5. The van der Waals surface area contributed by atoms with E-state index >= 15 is 0 Å². The summed E-state index contributed by atoms with van der Waals surface area (Å²) >= 11 is 0. The number of carbonyl (C=O) groups excluding carboxylic acids is 1. The molecule has 11 heavy (non-hydrogen) atoms. The molecular weight excluding hydrogens is 144 g/mol. The summed E-state index contributed by atoms with van der Waals surface area (Å²) in [5.74, 6) is -0.275. The number of methoxy groups -OCH3 is 1. The number of ether oxygens (including phenoxy) is 2. The van der Waals surface area contributed by atoms with Crippen LogP contribution in [0.5, 0.6) is 0 Å². The molecular formula is C8H16O3. The Bertz CT molecular complexity index is 140. The quantitative estimate of drug-likeness (QED) is 0.585. The molecule has 0 radical (unpaired) electrons. The Morgan fingerprint density at radius 2 is 1.91 bits per heavy atom. The zero-order valence-electron chi connectivity index (χ0n) is 7.80. The van der Waals surface area contributed by atoms with Gasteiger partial charge in [-0.05, 0) is 20.8 Å². The molecule has 0 aromatic carbocycles. The molecule has 0 saturated heterocycles. The predicted octanol–water partition coefficient (Wildman–Crippen LogP) is 1.36. The van der Waals surface area contributed by atoms with Crippen LogP contribution in [-0.4, -0.2) is 24.8 Å². The lowest BCUT2D eigenvalue weighted by atomic mass is 10.0. The monoisotopic (exact) mass is 160 g/mol. The van der Waals surface area contributed by atoms with Crippen molar-refractivity contribution >= 4 is 5.97 Å². The van der Waals surface area contributed by atoms with Crippen LogP contribution in [-0.2, 0) is 14.3 Å². The molecule has 3 heteroatoms. The van der Waals surface area contributed by atoms with Crippen molar-refractivity contribution in [3.63, 3.8) is 0 Å². The normalized spacial score (nSPS) is 14.3. The van der Waals surface area contributed by atoms with Crippen molar-refractivity contribution in [2.75, 3.05) is 7.11 Å². The lowest BCUT2D eigenvalue weighted by Gasteiger charge is -2.29. The van der Waals surface area contributed by atoms with Crippen molar-refractivity contribution in [1.29, 1.82) is 0 Å². The van der Waals surface area contributed by atoms with Gasteiger partial charge >= 0.3 is 5.97 Å². The zero-order chi connectivity index (χ0) is 9.07. The highest BCUT2D eigenvalue weighted by molar-refractivity contribution is 5.66. The first kappa shape index (κ1) is 10.4. The number of carbonyl (C=O) groups is 1. The first-order valence-electron chi connectivity index (χ1n) is 3.62. The lowest BCUT2D eigenvalue weighted by Crippen LogP contribution is -2.38. The summed E-state index contributed by atoms with van der Waals surface area (Å²) in [6, 6.07) is 0. The number of rotatable bonds is 3. The summed E-state index contributed by atoms with van der Waals surface area (Å²) in [5, 5.41) is 0. The van der Waals surface area contributed by atoms with Gasteiger partial charge in [-0.1, -0.05) is 0 Å². The molecule has 0 aromatic heterocycles. The Kier molecular flexibility index (Phi) is 3.52. The van der Waals surface area contributed by atoms with Crippen molar-refractivity contribution in [2.45, 2.75) is 39.4 Å². The van der Waals surface area contributed by atoms with Crippen LogP contribution in [0.1, 0.15) is 27.7 Å². The number of esters is 1. The standard InChI is InChI=1S/C8H16O3/c1-6(11-7(2)9)8(3,4)10-5/h6H,1-5H3. The van der Waals surface area contributed by atoms with Crippen LogP contribution in [0.4, 0.5) is 0 Å². The summed E-state index contributed by atoms with van der Waals surface area (Å²) in [6.45, 7) is 6.95. The van der Waals surface area contributed by atoms with Crippen LogP contribution in [0.15, 0.2) is 0 Å². The summed E-state index contributed by atoms with van der Waals surface area (Å²) in [5.41, 5.74) is -0.411. The van der Waals surface area contributed by atoms with E-state index in [0.29, 0.717) is 0 Å². The van der Waals surface area contributed by atoms with Crippen molar-refractivity contribution < 1.29 is 14.3 Å². The van der Waals surface area contributed by atoms with Gasteiger partial charge in [0.15, 0.2) is 0 Å². The molecule has 0 fully saturated rings. The molecule has 0 aliphatic heterocycles. The maximum atomic E-state index is 10.5. The second-order valence-corrected chi connectivity index (χ2v) is 3.06. The smallest absolute Gasteiger partial charge is 0.302 e. The highest BCUT2D eigenvalue weighted by atomic mass is 16.6. The van der Waals surface area contributed by atoms with E-state index in [4.69, 9.17) is 9.47 Å². The van der Waals surface area contributed by atoms with E-state index < -0.39 is 5.60 Å². The predicted molar refractivity (Wildman–Crippen MR) is 42.3 cm³/mol. The fraction of sp³-hybridized carbons (Fsp3) is 0.875. The minimum absolute atomic E-state index is 0.218. The third-order valence-corrected chi connectivity index (χ3v) is 1.85. The third kappa shape index (κ3) is 3.37. The molecule has 0 aliphatic carbocycles. The molecule has 0 bridgehead atoms. The molecule has 0 heterocycles. The minimum Gasteiger partial charge on any atom is -0.460 e. The van der Waals surface area contributed by atoms with Gasteiger partial charge in [0.25, 0.3) is 0 Å². The molecule has 66 valence electrons. The van der Waals surface area contributed by atoms with Crippen LogP contribution in [0.3, 0.4) is 0 Å². The van der Waals surface area contributed by atoms with Crippen LogP contribution < -0.4 is 0 Å². The molecule has 0 aliphatic rings. The van der Waals surface area contributed by atoms with Crippen molar-refractivity contribution in [3.05, 3.63) is 0 Å². The van der Waals surface area contributed by atoms with Crippen molar-refractivity contribution in [1.82, 2.24) is 0 Å². The topological polar surface area (TPSA) is 35.5 Å². The fourth-order valence-corrected chi connectivity index (χ4v) is 0.557. The van der Waals surface area contributed by atoms with Crippen molar-refractivity contribution in [3.8, 4) is 0 Å². The second kappa shape index (κ2) is 3.72. The fourth-order valence-electron chi connectivity index (χ4n) is 0.557. The van der Waals surface area contributed by atoms with Crippen LogP contribution in [0.25, 0.3) is 0 Å². The van der Waals surface area contributed by atoms with Crippen molar-refractivity contribution in [2.24, 2.45) is 0 Å². The van der Waals surface area contributed by atoms with E-state index in [1.807, 2.05) is 20.8 Å². The highest BCUT2D eigenvalue weighted by Crippen LogP contribution is 2.16. The molecule has 0 amide bonds. The molecule has 0 rings (SSSR count). The van der Waals surface area contributed by atoms with Gasteiger partial charge in [-0.2, -0.15) is 0 Å². The van der Waals surface area contributed by atoms with E-state index in [0.717, 1.165) is 0 Å². The highest BCUT2D eigenvalue weighted by Gasteiger charge is 2.27. The zero-order valence-corrected chi connectivity index (χ0v) is 7.80. The maximum Gasteiger partial charge on any atom is 0.302 e. The molecule has 0 N–H and O–H groups in total. The molecule has 0 aromatic rings. The molecule has 1 unspecified atom stereocenters. The molecule has 0 spiro atoms. The van der Waals surface area contributed by atoms with Gasteiger partial charge in [-0.3, -0.25) is 4.79 Å². The summed E-state index contributed by atoms with van der Waals surface area (Å²) < 4.78 is 10.1. The molecule has 1 atom stereocenters. The van der Waals surface area contributed by atoms with E-state index in [1.165, 1.54) is 6.92 Å². The Morgan fingerprint density at radius 1 is 1.45 bits per heavy atom. The van der Waals surface area contributed by atoms with Gasteiger partial charge in [-0.25, -0.2) is 0 Å². The van der Waals surface area contributed by atoms with E-state index in [-0.39, 0.29) is 12.1 Å². The van der Waals surface area contributed by atoms with Gasteiger partial charge in [0.1, 0.15) is 6.10 Å². The van der Waals surface area contributed by atoms with Crippen LogP contribution in [0.2, 0.25) is 0 Å². The third-order valence-electron chi connectivity index (χ3n) is 1.85. The second-order valence-electron chi connectivity index (χ2n) is 3.06. The summed E-state index contributed by atoms with van der Waals surface area (Å²) in [6.07, 6.45) is -0.218. The van der Waals surface area contributed by atoms with Gasteiger partial charge in [0.2, 0.25) is 0 Å². The Hall–Kier alpha value is -0.570. The average molecular weight is 160 g/mol. The minimum atomic E-state index is -0.411. The van der Waals surface area contributed by atoms with Gasteiger partial charge < -0.3 is 9.47 Å². The number of hydrogen-bond donors (Lipinski definition) is 0. The summed E-state index contributed by atoms with van der Waals surface area (Å²) in [7, 11) is 1.60. The van der Waals surface area contributed by atoms with E-state index in [9.17, 15) is 4.79 Å². The Balaban J connectivity index is 4.01. The van der Waals surface area contributed by atoms with Gasteiger partial charge in [0.05, 0.1) is 5.60 Å². The molecule has 0 saturated carbocycles. The lowest BCUT2D eigenvalue weighted by molar-refractivity contribution is -0.160. The first-order chi connectivity index (χ1) is 4.90. The Labute approximate surface area is 67.7 Å². The van der Waals surface area contributed by atoms with E-state index in [1.54, 1.807) is 7.11 Å². The van der Waals surface area contributed by atoms with Crippen LogP contribution in [0, 0.1) is 0 Å². The SMILES string of the molecule is COC(C)(C)C(C)OC(C)=O. The van der Waals surface area contributed by atoms with Gasteiger partial charge in [0, 0.05) is 14.0 Å². The largest absolute Gasteiger partial charge is 0.460 e. The Morgan fingerprint density at radius 3 is 2.18 bits per heavy atom. The van der Waals surface area contributed by atoms with Crippen LogP contribution >= 0.6 is 0 Å². The first-order valence-corrected chi connectivity index (χ1v) is 3.62. The summed E-state index contributed by atoms with van der Waals surface area (Å²) in [4.78, 5) is 10.5. The number of hydrogen-bond acceptors (Lipinski definition) is 3. The average Bonchev–Trinajstić information content (AvgIpc) is 1.86. The van der Waals surface area contributed by atoms with E-state index in [2.05, 4.69) is 0 Å². The van der Waals surface area contributed by atoms with Gasteiger partial charge in [-0.15, -0.1) is 0 Å².